The van der Waals surface area contributed by atoms with E-state index in [2.05, 4.69) is 15.6 Å². The molecule has 0 radical (unpaired) electrons. The smallest absolute Gasteiger partial charge is 0.274 e. The molecular formula is C17H14ClFN4O. The molecular weight excluding hydrogens is 331 g/mol. The van der Waals surface area contributed by atoms with Crippen molar-refractivity contribution in [3.63, 3.8) is 0 Å². The van der Waals surface area contributed by atoms with E-state index in [1.165, 1.54) is 6.07 Å². The van der Waals surface area contributed by atoms with Crippen molar-refractivity contribution >= 4 is 17.5 Å². The Labute approximate surface area is 143 Å². The molecule has 0 aliphatic rings. The van der Waals surface area contributed by atoms with Crippen molar-refractivity contribution in [2.45, 2.75) is 13.5 Å². The molecule has 3 aromatic rings. The summed E-state index contributed by atoms with van der Waals surface area (Å²) in [5.41, 5.74) is 1.94. The van der Waals surface area contributed by atoms with Crippen LogP contribution in [0.15, 0.2) is 48.5 Å². The number of halogens is 2. The highest BCUT2D eigenvalue weighted by molar-refractivity contribution is 6.30. The fourth-order valence-corrected chi connectivity index (χ4v) is 2.39. The van der Waals surface area contributed by atoms with E-state index in [0.29, 0.717) is 16.3 Å². The second kappa shape index (κ2) is 6.80. The van der Waals surface area contributed by atoms with Gasteiger partial charge in [0.15, 0.2) is 5.69 Å². The Kier molecular flexibility index (Phi) is 4.57. The van der Waals surface area contributed by atoms with E-state index in [-0.39, 0.29) is 18.1 Å². The summed E-state index contributed by atoms with van der Waals surface area (Å²) in [5.74, 6) is -0.768. The molecule has 1 aromatic heterocycles. The van der Waals surface area contributed by atoms with Crippen LogP contribution in [-0.2, 0) is 6.54 Å². The minimum absolute atomic E-state index is 0.0821. The Morgan fingerprint density at radius 3 is 2.62 bits per heavy atom. The summed E-state index contributed by atoms with van der Waals surface area (Å²) in [6, 6.07) is 13.3. The molecule has 122 valence electrons. The van der Waals surface area contributed by atoms with Gasteiger partial charge in [0.1, 0.15) is 5.82 Å². The van der Waals surface area contributed by atoms with Crippen molar-refractivity contribution in [3.8, 4) is 5.69 Å². The first-order valence-electron chi connectivity index (χ1n) is 7.26. The summed E-state index contributed by atoms with van der Waals surface area (Å²) >= 11 is 5.87. The van der Waals surface area contributed by atoms with Crippen molar-refractivity contribution in [2.24, 2.45) is 0 Å². The number of hydrogen-bond donors (Lipinski definition) is 1. The Balaban J connectivity index is 1.76. The summed E-state index contributed by atoms with van der Waals surface area (Å²) in [7, 11) is 0. The molecule has 0 aliphatic heterocycles. The van der Waals surface area contributed by atoms with Crippen LogP contribution in [0.3, 0.4) is 0 Å². The molecule has 0 fully saturated rings. The number of carbonyl (C=O) groups is 1. The molecule has 0 atom stereocenters. The van der Waals surface area contributed by atoms with Crippen LogP contribution in [0, 0.1) is 12.7 Å². The number of aromatic nitrogens is 3. The molecule has 5 nitrogen and oxygen atoms in total. The normalized spacial score (nSPS) is 10.6. The molecule has 1 heterocycles. The van der Waals surface area contributed by atoms with Crippen LogP contribution in [0.1, 0.15) is 21.7 Å². The van der Waals surface area contributed by atoms with E-state index >= 15 is 0 Å². The molecule has 0 saturated carbocycles. The molecule has 2 aromatic carbocycles. The molecule has 1 N–H and O–H groups in total. The van der Waals surface area contributed by atoms with Gasteiger partial charge in [0.2, 0.25) is 0 Å². The molecule has 24 heavy (non-hydrogen) atoms. The Morgan fingerprint density at radius 1 is 1.21 bits per heavy atom. The van der Waals surface area contributed by atoms with Crippen molar-refractivity contribution in [2.75, 3.05) is 0 Å². The van der Waals surface area contributed by atoms with Gasteiger partial charge in [-0.15, -0.1) is 5.10 Å². The second-order valence-corrected chi connectivity index (χ2v) is 5.62. The van der Waals surface area contributed by atoms with Crippen LogP contribution in [0.4, 0.5) is 4.39 Å². The lowest BCUT2D eigenvalue weighted by Gasteiger charge is -2.06. The Hall–Kier alpha value is -2.73. The van der Waals surface area contributed by atoms with E-state index in [1.807, 2.05) is 0 Å². The zero-order chi connectivity index (χ0) is 17.1. The molecule has 0 spiro atoms. The van der Waals surface area contributed by atoms with Gasteiger partial charge in [-0.1, -0.05) is 35.0 Å². The summed E-state index contributed by atoms with van der Waals surface area (Å²) < 4.78 is 15.1. The van der Waals surface area contributed by atoms with E-state index < -0.39 is 5.91 Å². The maximum atomic E-state index is 13.6. The van der Waals surface area contributed by atoms with Gasteiger partial charge < -0.3 is 5.32 Å². The number of nitrogens with zero attached hydrogens (tertiary/aromatic N) is 3. The molecule has 0 unspecified atom stereocenters. The van der Waals surface area contributed by atoms with Crippen molar-refractivity contribution in [1.82, 2.24) is 20.3 Å². The SMILES string of the molecule is Cc1c(C(=O)NCc2ccccc2F)nnn1-c1ccc(Cl)cc1. The van der Waals surface area contributed by atoms with E-state index in [4.69, 9.17) is 11.6 Å². The maximum Gasteiger partial charge on any atom is 0.274 e. The molecule has 0 bridgehead atoms. The fourth-order valence-electron chi connectivity index (χ4n) is 2.27. The largest absolute Gasteiger partial charge is 0.346 e. The first kappa shape index (κ1) is 16.1. The zero-order valence-corrected chi connectivity index (χ0v) is 13.6. The van der Waals surface area contributed by atoms with Gasteiger partial charge in [0.05, 0.1) is 11.4 Å². The molecule has 3 rings (SSSR count). The molecule has 0 saturated heterocycles. The summed E-state index contributed by atoms with van der Waals surface area (Å²) in [4.78, 5) is 12.3. The first-order valence-corrected chi connectivity index (χ1v) is 7.64. The lowest BCUT2D eigenvalue weighted by Crippen LogP contribution is -2.24. The summed E-state index contributed by atoms with van der Waals surface area (Å²) in [5, 5.41) is 11.2. The van der Waals surface area contributed by atoms with Crippen LogP contribution in [0.25, 0.3) is 5.69 Å². The summed E-state index contributed by atoms with van der Waals surface area (Å²) in [6.07, 6.45) is 0. The molecule has 7 heteroatoms. The zero-order valence-electron chi connectivity index (χ0n) is 12.8. The average molecular weight is 345 g/mol. The average Bonchev–Trinajstić information content (AvgIpc) is 2.96. The predicted molar refractivity (Wildman–Crippen MR) is 88.7 cm³/mol. The van der Waals surface area contributed by atoms with Crippen LogP contribution in [-0.4, -0.2) is 20.9 Å². The van der Waals surface area contributed by atoms with Gasteiger partial charge >= 0.3 is 0 Å². The van der Waals surface area contributed by atoms with Gasteiger partial charge in [-0.25, -0.2) is 9.07 Å². The van der Waals surface area contributed by atoms with Gasteiger partial charge in [-0.2, -0.15) is 0 Å². The lowest BCUT2D eigenvalue weighted by molar-refractivity contribution is 0.0945. The minimum Gasteiger partial charge on any atom is -0.346 e. The highest BCUT2D eigenvalue weighted by Crippen LogP contribution is 2.15. The van der Waals surface area contributed by atoms with E-state index in [1.54, 1.807) is 54.1 Å². The van der Waals surface area contributed by atoms with Crippen LogP contribution in [0.2, 0.25) is 5.02 Å². The number of benzene rings is 2. The molecule has 0 aliphatic carbocycles. The number of carbonyl (C=O) groups excluding carboxylic acids is 1. The van der Waals surface area contributed by atoms with Crippen LogP contribution in [0.5, 0.6) is 0 Å². The Morgan fingerprint density at radius 2 is 1.92 bits per heavy atom. The van der Waals surface area contributed by atoms with Crippen molar-refractivity contribution in [1.29, 1.82) is 0 Å². The first-order chi connectivity index (χ1) is 11.6. The van der Waals surface area contributed by atoms with Crippen molar-refractivity contribution in [3.05, 3.63) is 76.3 Å². The number of amides is 1. The number of hydrogen-bond acceptors (Lipinski definition) is 3. The quantitative estimate of drug-likeness (QED) is 0.790. The topological polar surface area (TPSA) is 59.8 Å². The third-order valence-electron chi connectivity index (χ3n) is 3.58. The monoisotopic (exact) mass is 344 g/mol. The fraction of sp³-hybridized carbons (Fsp3) is 0.118. The predicted octanol–water partition coefficient (Wildman–Crippen LogP) is 3.30. The third kappa shape index (κ3) is 3.28. The van der Waals surface area contributed by atoms with Gasteiger partial charge in [-0.3, -0.25) is 4.79 Å². The van der Waals surface area contributed by atoms with Gasteiger partial charge in [-0.05, 0) is 37.3 Å². The summed E-state index contributed by atoms with van der Waals surface area (Å²) in [6.45, 7) is 1.82. The maximum absolute atomic E-state index is 13.6. The van der Waals surface area contributed by atoms with Gasteiger partial charge in [0, 0.05) is 17.1 Å². The number of nitrogens with one attached hydrogen (secondary N) is 1. The van der Waals surface area contributed by atoms with E-state index in [0.717, 1.165) is 5.69 Å². The van der Waals surface area contributed by atoms with Crippen LogP contribution < -0.4 is 5.32 Å². The van der Waals surface area contributed by atoms with E-state index in [9.17, 15) is 9.18 Å². The highest BCUT2D eigenvalue weighted by atomic mass is 35.5. The molecule has 1 amide bonds. The van der Waals surface area contributed by atoms with Crippen molar-refractivity contribution < 1.29 is 9.18 Å². The third-order valence-corrected chi connectivity index (χ3v) is 3.83. The minimum atomic E-state index is -0.407. The lowest BCUT2D eigenvalue weighted by atomic mass is 10.2. The van der Waals surface area contributed by atoms with Gasteiger partial charge in [0.25, 0.3) is 5.91 Å². The van der Waals surface area contributed by atoms with Crippen LogP contribution >= 0.6 is 11.6 Å². The Bertz CT molecular complexity index is 877. The second-order valence-electron chi connectivity index (χ2n) is 5.19. The number of rotatable bonds is 4. The standard InChI is InChI=1S/C17H14ClFN4O/c1-11-16(17(24)20-10-12-4-2-3-5-15(12)19)21-22-23(11)14-8-6-13(18)7-9-14/h2-9H,10H2,1H3,(H,20,24). The highest BCUT2D eigenvalue weighted by Gasteiger charge is 2.17.